The van der Waals surface area contributed by atoms with Gasteiger partial charge in [-0.3, -0.25) is 9.89 Å². The number of halogens is 2. The molecule has 29 heavy (non-hydrogen) atoms. The lowest BCUT2D eigenvalue weighted by atomic mass is 10.0. The van der Waals surface area contributed by atoms with E-state index in [1.54, 1.807) is 6.26 Å². The van der Waals surface area contributed by atoms with Gasteiger partial charge in [0.1, 0.15) is 5.76 Å². The molecule has 0 aliphatic carbocycles. The highest BCUT2D eigenvalue weighted by Crippen LogP contribution is 2.16. The topological polar surface area (TPSA) is 52.8 Å². The Labute approximate surface area is 199 Å². The Balaban J connectivity index is 0.00000300. The number of rotatable bonds is 8. The van der Waals surface area contributed by atoms with Crippen LogP contribution in [0.15, 0.2) is 69.2 Å². The number of aliphatic imine (C=N–C) groups is 1. The molecule has 2 aromatic rings. The average Bonchev–Trinajstić information content (AvgIpc) is 3.23. The molecule has 1 saturated heterocycles. The maximum absolute atomic E-state index is 5.38. The first-order valence-electron chi connectivity index (χ1n) is 9.88. The highest BCUT2D eigenvalue weighted by molar-refractivity contribution is 14.0. The van der Waals surface area contributed by atoms with Crippen molar-refractivity contribution in [2.24, 2.45) is 4.99 Å². The van der Waals surface area contributed by atoms with E-state index in [1.807, 2.05) is 18.2 Å². The lowest BCUT2D eigenvalue weighted by Crippen LogP contribution is -2.48. The van der Waals surface area contributed by atoms with E-state index in [2.05, 4.69) is 62.3 Å². The van der Waals surface area contributed by atoms with Crippen molar-refractivity contribution in [3.05, 3.63) is 71.1 Å². The first kappa shape index (κ1) is 24.0. The van der Waals surface area contributed by atoms with Crippen molar-refractivity contribution in [3.63, 3.8) is 0 Å². The van der Waals surface area contributed by atoms with E-state index in [0.717, 1.165) is 55.1 Å². The summed E-state index contributed by atoms with van der Waals surface area (Å²) in [6, 6.07) is 13.0. The number of piperidine rings is 1. The van der Waals surface area contributed by atoms with E-state index in [0.29, 0.717) is 19.1 Å². The summed E-state index contributed by atoms with van der Waals surface area (Å²) in [4.78, 5) is 7.21. The monoisotopic (exact) mass is 572 g/mol. The van der Waals surface area contributed by atoms with Crippen LogP contribution in [-0.2, 0) is 13.0 Å². The van der Waals surface area contributed by atoms with Gasteiger partial charge >= 0.3 is 0 Å². The van der Waals surface area contributed by atoms with Crippen molar-refractivity contribution in [2.45, 2.75) is 31.8 Å². The molecule has 0 unspecified atom stereocenters. The molecule has 0 atom stereocenters. The second-order valence-electron chi connectivity index (χ2n) is 7.05. The highest BCUT2D eigenvalue weighted by atomic mass is 127. The summed E-state index contributed by atoms with van der Waals surface area (Å²) in [5, 5.41) is 6.92. The largest absolute Gasteiger partial charge is 0.469 e. The summed E-state index contributed by atoms with van der Waals surface area (Å²) in [6.07, 6.45) is 6.59. The van der Waals surface area contributed by atoms with Gasteiger partial charge in [0.2, 0.25) is 0 Å². The lowest BCUT2D eigenvalue weighted by molar-refractivity contribution is 0.198. The number of hydrogen-bond acceptors (Lipinski definition) is 3. The molecule has 1 aliphatic rings. The minimum atomic E-state index is 0. The number of guanidine groups is 1. The van der Waals surface area contributed by atoms with E-state index in [9.17, 15) is 0 Å². The van der Waals surface area contributed by atoms with E-state index >= 15 is 0 Å². The molecule has 2 heterocycles. The molecule has 1 aromatic carbocycles. The molecule has 5 nitrogen and oxygen atoms in total. The van der Waals surface area contributed by atoms with Crippen LogP contribution in [-0.4, -0.2) is 43.1 Å². The molecule has 1 aromatic heterocycles. The number of nitrogens with one attached hydrogen (secondary N) is 2. The van der Waals surface area contributed by atoms with E-state index in [-0.39, 0.29) is 24.0 Å². The summed E-state index contributed by atoms with van der Waals surface area (Å²) in [5.74, 6) is 1.82. The summed E-state index contributed by atoms with van der Waals surface area (Å²) < 4.78 is 6.51. The van der Waals surface area contributed by atoms with Crippen LogP contribution in [0.2, 0.25) is 0 Å². The number of hydrogen-bond donors (Lipinski definition) is 2. The molecule has 1 aliphatic heterocycles. The molecule has 0 bridgehead atoms. The van der Waals surface area contributed by atoms with Gasteiger partial charge in [-0.05, 0) is 42.7 Å². The molecule has 0 radical (unpaired) electrons. The Kier molecular flexibility index (Phi) is 10.8. The van der Waals surface area contributed by atoms with Crippen LogP contribution >= 0.6 is 39.9 Å². The zero-order valence-electron chi connectivity index (χ0n) is 16.6. The first-order chi connectivity index (χ1) is 13.7. The smallest absolute Gasteiger partial charge is 0.191 e. The molecule has 7 heteroatoms. The number of likely N-dealkylation sites (tertiary alicyclic amines) is 1. The van der Waals surface area contributed by atoms with Gasteiger partial charge in [-0.1, -0.05) is 34.1 Å². The zero-order chi connectivity index (χ0) is 19.6. The second kappa shape index (κ2) is 13.1. The van der Waals surface area contributed by atoms with Gasteiger partial charge in [0, 0.05) is 49.7 Å². The second-order valence-corrected chi connectivity index (χ2v) is 7.97. The minimum Gasteiger partial charge on any atom is -0.469 e. The Morgan fingerprint density at radius 3 is 2.66 bits per heavy atom. The van der Waals surface area contributed by atoms with Crippen molar-refractivity contribution in [3.8, 4) is 0 Å². The summed E-state index contributed by atoms with van der Waals surface area (Å²) in [6.45, 7) is 8.38. The molecule has 3 rings (SSSR count). The molecule has 1 fully saturated rings. The maximum atomic E-state index is 5.38. The molecule has 158 valence electrons. The third kappa shape index (κ3) is 8.52. The zero-order valence-corrected chi connectivity index (χ0v) is 20.6. The van der Waals surface area contributed by atoms with Gasteiger partial charge < -0.3 is 15.1 Å². The van der Waals surface area contributed by atoms with Crippen molar-refractivity contribution in [1.82, 2.24) is 15.5 Å². The summed E-state index contributed by atoms with van der Waals surface area (Å²) in [5.41, 5.74) is 1.36. The fourth-order valence-electron chi connectivity index (χ4n) is 3.33. The van der Waals surface area contributed by atoms with Gasteiger partial charge in [0.25, 0.3) is 0 Å². The van der Waals surface area contributed by atoms with Crippen LogP contribution in [0.5, 0.6) is 0 Å². The Hall–Kier alpha value is -1.32. The summed E-state index contributed by atoms with van der Waals surface area (Å²) in [7, 11) is 0. The van der Waals surface area contributed by atoms with Crippen LogP contribution < -0.4 is 10.6 Å². The average molecular weight is 573 g/mol. The van der Waals surface area contributed by atoms with E-state index in [4.69, 9.17) is 9.41 Å². The summed E-state index contributed by atoms with van der Waals surface area (Å²) >= 11 is 3.50. The molecular weight excluding hydrogens is 543 g/mol. The maximum Gasteiger partial charge on any atom is 0.191 e. The third-order valence-corrected chi connectivity index (χ3v) is 5.40. The number of benzene rings is 1. The Morgan fingerprint density at radius 1 is 1.24 bits per heavy atom. The quantitative estimate of drug-likeness (QED) is 0.210. The van der Waals surface area contributed by atoms with Gasteiger partial charge in [-0.15, -0.1) is 30.6 Å². The SMILES string of the molecule is C=CCNC(=NCCc1ccco1)NC1CCN(Cc2ccc(Br)cc2)CC1.I. The minimum absolute atomic E-state index is 0. The third-order valence-electron chi connectivity index (χ3n) is 4.87. The van der Waals surface area contributed by atoms with Crippen LogP contribution in [0.4, 0.5) is 0 Å². The van der Waals surface area contributed by atoms with Gasteiger partial charge in [0.05, 0.1) is 6.26 Å². The molecule has 2 N–H and O–H groups in total. The fraction of sp³-hybridized carbons (Fsp3) is 0.409. The molecule has 0 spiro atoms. The Bertz CT molecular complexity index is 741. The molecular formula is C22H30BrIN4O. The van der Waals surface area contributed by atoms with Crippen molar-refractivity contribution < 1.29 is 4.42 Å². The fourth-order valence-corrected chi connectivity index (χ4v) is 3.60. The number of furan rings is 1. The van der Waals surface area contributed by atoms with E-state index < -0.39 is 0 Å². The van der Waals surface area contributed by atoms with Crippen molar-refractivity contribution >= 4 is 45.9 Å². The van der Waals surface area contributed by atoms with Crippen molar-refractivity contribution in [1.29, 1.82) is 0 Å². The molecule has 0 amide bonds. The van der Waals surface area contributed by atoms with Crippen LogP contribution in [0.3, 0.4) is 0 Å². The lowest BCUT2D eigenvalue weighted by Gasteiger charge is -2.33. The Morgan fingerprint density at radius 2 is 2.00 bits per heavy atom. The van der Waals surface area contributed by atoms with E-state index in [1.165, 1.54) is 5.56 Å². The van der Waals surface area contributed by atoms with Crippen LogP contribution in [0.1, 0.15) is 24.2 Å². The predicted octanol–water partition coefficient (Wildman–Crippen LogP) is 4.59. The van der Waals surface area contributed by atoms with Crippen LogP contribution in [0.25, 0.3) is 0 Å². The standard InChI is InChI=1S/C22H29BrN4O.HI/c1-2-12-24-22(25-13-9-21-4-3-16-28-21)26-20-10-14-27(15-11-20)17-18-5-7-19(23)8-6-18;/h2-8,16,20H,1,9-15,17H2,(H2,24,25,26);1H. The first-order valence-corrected chi connectivity index (χ1v) is 10.7. The van der Waals surface area contributed by atoms with Crippen molar-refractivity contribution in [2.75, 3.05) is 26.2 Å². The van der Waals surface area contributed by atoms with Gasteiger partial charge in [-0.2, -0.15) is 0 Å². The van der Waals surface area contributed by atoms with Crippen LogP contribution in [0, 0.1) is 0 Å². The van der Waals surface area contributed by atoms with Gasteiger partial charge in [-0.25, -0.2) is 0 Å². The molecule has 0 saturated carbocycles. The van der Waals surface area contributed by atoms with Gasteiger partial charge in [0.15, 0.2) is 5.96 Å². The highest BCUT2D eigenvalue weighted by Gasteiger charge is 2.20. The number of nitrogens with zero attached hydrogens (tertiary/aromatic N) is 2. The normalized spacial score (nSPS) is 15.6. The predicted molar refractivity (Wildman–Crippen MR) is 134 cm³/mol.